The van der Waals surface area contributed by atoms with Crippen molar-refractivity contribution in [1.29, 1.82) is 0 Å². The number of hydrogen-bond acceptors (Lipinski definition) is 8. The highest BCUT2D eigenvalue weighted by molar-refractivity contribution is 5.76. The summed E-state index contributed by atoms with van der Waals surface area (Å²) < 4.78 is 19.2. The molecule has 2 atom stereocenters. The van der Waals surface area contributed by atoms with Gasteiger partial charge in [-0.2, -0.15) is 0 Å². The predicted octanol–water partition coefficient (Wildman–Crippen LogP) is 2.79. The first-order valence-electron chi connectivity index (χ1n) is 11.9. The number of carboxylic acid groups (broad SMARTS) is 1. The van der Waals surface area contributed by atoms with Crippen molar-refractivity contribution in [2.45, 2.75) is 50.7 Å². The number of nitrogens with one attached hydrogen (secondary N) is 2. The van der Waals surface area contributed by atoms with Gasteiger partial charge in [-0.3, -0.25) is 0 Å². The Kier molecular flexibility index (Phi) is 10.4. The summed E-state index contributed by atoms with van der Waals surface area (Å²) in [6.45, 7) is 2.31. The number of carbonyl (C=O) groups is 1. The monoisotopic (exact) mass is 474 g/mol. The zero-order valence-electron chi connectivity index (χ0n) is 19.8. The fourth-order valence-corrected chi connectivity index (χ4v) is 4.08. The molecule has 0 saturated heterocycles. The molecule has 3 heterocycles. The molecule has 10 heteroatoms. The summed E-state index contributed by atoms with van der Waals surface area (Å²) in [5.41, 5.74) is 2.33. The molecule has 2 aromatic rings. The molecule has 1 aliphatic heterocycles. The second kappa shape index (κ2) is 13.8. The Labute approximate surface area is 200 Å². The van der Waals surface area contributed by atoms with Crippen molar-refractivity contribution in [2.24, 2.45) is 0 Å². The maximum Gasteiger partial charge on any atom is 0.326 e. The number of unbranched alkanes of at least 4 members (excludes halogenated alkanes) is 1. The summed E-state index contributed by atoms with van der Waals surface area (Å²) in [7, 11) is 1.48. The number of nitrogens with zero attached hydrogens (tertiary/aromatic N) is 4. The van der Waals surface area contributed by atoms with Gasteiger partial charge in [0.05, 0.1) is 6.61 Å². The van der Waals surface area contributed by atoms with E-state index < -0.39 is 18.2 Å². The van der Waals surface area contributed by atoms with E-state index in [-0.39, 0.29) is 13.2 Å². The third-order valence-electron chi connectivity index (χ3n) is 5.85. The molecule has 2 aromatic heterocycles. The Hall–Kier alpha value is -2.85. The molecule has 1 unspecified atom stereocenters. The van der Waals surface area contributed by atoms with E-state index in [0.29, 0.717) is 25.3 Å². The standard InChI is InChI=1S/C24H35FN6O3/c1-34-16-19(25)15-31(14-10-21(24(32)33)30-22-9-12-26-17-28-22)13-3-2-6-20-8-7-18-5-4-11-27-23(18)29-20/h7-9,12,17,19,21H,2-6,10-11,13-16H2,1H3,(H,27,29)(H,32,33)(H,26,28,30)/t19-,21?/m0/s1. The molecule has 0 saturated carbocycles. The van der Waals surface area contributed by atoms with E-state index in [2.05, 4.69) is 32.7 Å². The highest BCUT2D eigenvalue weighted by Gasteiger charge is 2.21. The summed E-state index contributed by atoms with van der Waals surface area (Å²) in [4.78, 5) is 26.3. The van der Waals surface area contributed by atoms with Gasteiger partial charge in [0.15, 0.2) is 0 Å². The number of methoxy groups -OCH3 is 1. The van der Waals surface area contributed by atoms with Gasteiger partial charge in [-0.1, -0.05) is 6.07 Å². The van der Waals surface area contributed by atoms with Crippen molar-refractivity contribution in [3.63, 3.8) is 0 Å². The molecule has 0 aliphatic carbocycles. The number of aromatic nitrogens is 3. The van der Waals surface area contributed by atoms with Crippen LogP contribution in [0.25, 0.3) is 0 Å². The van der Waals surface area contributed by atoms with Gasteiger partial charge in [-0.05, 0) is 62.8 Å². The average molecular weight is 475 g/mol. The third-order valence-corrected chi connectivity index (χ3v) is 5.85. The van der Waals surface area contributed by atoms with Crippen LogP contribution in [0.1, 0.15) is 36.9 Å². The molecule has 3 rings (SSSR count). The first kappa shape index (κ1) is 25.8. The lowest BCUT2D eigenvalue weighted by Gasteiger charge is -2.26. The Morgan fingerprint density at radius 3 is 2.97 bits per heavy atom. The number of halogens is 1. The molecule has 0 spiro atoms. The molecular formula is C24H35FN6O3. The van der Waals surface area contributed by atoms with E-state index in [1.54, 1.807) is 12.3 Å². The van der Waals surface area contributed by atoms with Gasteiger partial charge < -0.3 is 25.4 Å². The second-order valence-electron chi connectivity index (χ2n) is 8.57. The molecule has 0 radical (unpaired) electrons. The molecule has 186 valence electrons. The van der Waals surface area contributed by atoms with Crippen LogP contribution in [0.4, 0.5) is 16.0 Å². The summed E-state index contributed by atoms with van der Waals surface area (Å²) in [5.74, 6) is 0.476. The summed E-state index contributed by atoms with van der Waals surface area (Å²) in [5, 5.41) is 15.9. The Balaban J connectivity index is 1.50. The number of alkyl halides is 1. The fraction of sp³-hybridized carbons (Fsp3) is 0.583. The van der Waals surface area contributed by atoms with E-state index >= 15 is 0 Å². The topological polar surface area (TPSA) is 113 Å². The number of ether oxygens (including phenoxy) is 1. The van der Waals surface area contributed by atoms with Crippen LogP contribution in [-0.2, 0) is 22.4 Å². The molecular weight excluding hydrogens is 439 g/mol. The maximum absolute atomic E-state index is 14.3. The van der Waals surface area contributed by atoms with Crippen molar-refractivity contribution in [2.75, 3.05) is 50.5 Å². The van der Waals surface area contributed by atoms with E-state index in [4.69, 9.17) is 9.72 Å². The van der Waals surface area contributed by atoms with Crippen LogP contribution in [0.15, 0.2) is 30.7 Å². The van der Waals surface area contributed by atoms with Gasteiger partial charge in [0.2, 0.25) is 0 Å². The molecule has 0 fully saturated rings. The Bertz CT molecular complexity index is 888. The highest BCUT2D eigenvalue weighted by atomic mass is 19.1. The van der Waals surface area contributed by atoms with Crippen LogP contribution in [0.5, 0.6) is 0 Å². The van der Waals surface area contributed by atoms with Crippen molar-refractivity contribution in [3.8, 4) is 0 Å². The minimum absolute atomic E-state index is 0.0179. The number of pyridine rings is 1. The van der Waals surface area contributed by atoms with Gasteiger partial charge in [0, 0.05) is 38.6 Å². The first-order chi connectivity index (χ1) is 16.5. The highest BCUT2D eigenvalue weighted by Crippen LogP contribution is 2.20. The summed E-state index contributed by atoms with van der Waals surface area (Å²) >= 11 is 0. The Morgan fingerprint density at radius 2 is 2.21 bits per heavy atom. The second-order valence-corrected chi connectivity index (χ2v) is 8.57. The number of aliphatic carboxylic acids is 1. The van der Waals surface area contributed by atoms with Crippen molar-refractivity contribution >= 4 is 17.6 Å². The van der Waals surface area contributed by atoms with Gasteiger partial charge in [0.1, 0.15) is 30.2 Å². The molecule has 3 N–H and O–H groups in total. The van der Waals surface area contributed by atoms with Gasteiger partial charge in [-0.15, -0.1) is 0 Å². The van der Waals surface area contributed by atoms with Crippen molar-refractivity contribution in [1.82, 2.24) is 19.9 Å². The minimum atomic E-state index is -1.13. The van der Waals surface area contributed by atoms with Gasteiger partial charge in [0.25, 0.3) is 0 Å². The van der Waals surface area contributed by atoms with Crippen LogP contribution in [0, 0.1) is 0 Å². The minimum Gasteiger partial charge on any atom is -0.480 e. The zero-order valence-corrected chi connectivity index (χ0v) is 19.8. The van der Waals surface area contributed by atoms with Crippen molar-refractivity contribution in [3.05, 3.63) is 42.0 Å². The average Bonchev–Trinajstić information content (AvgIpc) is 2.84. The van der Waals surface area contributed by atoms with Gasteiger partial charge in [-0.25, -0.2) is 24.1 Å². The molecule has 0 amide bonds. The van der Waals surface area contributed by atoms with Gasteiger partial charge >= 0.3 is 5.97 Å². The van der Waals surface area contributed by atoms with E-state index in [1.165, 1.54) is 19.0 Å². The first-order valence-corrected chi connectivity index (χ1v) is 11.9. The molecule has 0 bridgehead atoms. The number of hydrogen-bond donors (Lipinski definition) is 3. The largest absolute Gasteiger partial charge is 0.480 e. The van der Waals surface area contributed by atoms with Crippen LogP contribution in [-0.4, -0.2) is 83.0 Å². The normalized spacial score (nSPS) is 14.8. The lowest BCUT2D eigenvalue weighted by Crippen LogP contribution is -2.38. The Morgan fingerprint density at radius 1 is 1.32 bits per heavy atom. The van der Waals surface area contributed by atoms with Crippen LogP contribution >= 0.6 is 0 Å². The number of aryl methyl sites for hydroxylation is 2. The van der Waals surface area contributed by atoms with Crippen LogP contribution in [0.3, 0.4) is 0 Å². The molecule has 0 aromatic carbocycles. The van der Waals surface area contributed by atoms with E-state index in [1.807, 2.05) is 4.90 Å². The number of rotatable bonds is 15. The number of carboxylic acids is 1. The number of fused-ring (bicyclic) bond motifs is 1. The summed E-state index contributed by atoms with van der Waals surface area (Å²) in [6.07, 6.45) is 6.94. The van der Waals surface area contributed by atoms with Crippen LogP contribution in [0.2, 0.25) is 0 Å². The molecule has 1 aliphatic rings. The van der Waals surface area contributed by atoms with Crippen molar-refractivity contribution < 1.29 is 19.0 Å². The van der Waals surface area contributed by atoms with Crippen LogP contribution < -0.4 is 10.6 Å². The number of anilines is 2. The predicted molar refractivity (Wildman–Crippen MR) is 129 cm³/mol. The van der Waals surface area contributed by atoms with E-state index in [9.17, 15) is 14.3 Å². The lowest BCUT2D eigenvalue weighted by molar-refractivity contribution is -0.138. The third kappa shape index (κ3) is 8.49. The smallest absolute Gasteiger partial charge is 0.326 e. The lowest BCUT2D eigenvalue weighted by atomic mass is 10.1. The summed E-state index contributed by atoms with van der Waals surface area (Å²) in [6, 6.07) is 5.04. The molecule has 34 heavy (non-hydrogen) atoms. The fourth-order valence-electron chi connectivity index (χ4n) is 4.08. The molecule has 9 nitrogen and oxygen atoms in total. The van der Waals surface area contributed by atoms with E-state index in [0.717, 1.165) is 50.2 Å². The quantitative estimate of drug-likeness (QED) is 0.335. The zero-order chi connectivity index (χ0) is 24.2. The maximum atomic E-state index is 14.3. The SMILES string of the molecule is COC[C@@H](F)CN(CCCCc1ccc2c(n1)NCCC2)CCC(Nc1ccncn1)C(=O)O.